The quantitative estimate of drug-likeness (QED) is 0.917. The average molecular weight is 347 g/mol. The maximum Gasteiger partial charge on any atom is 0.253 e. The fourth-order valence-electron chi connectivity index (χ4n) is 2.81. The third kappa shape index (κ3) is 3.97. The normalized spacial score (nSPS) is 14.5. The van der Waals surface area contributed by atoms with Gasteiger partial charge in [-0.15, -0.1) is 0 Å². The second kappa shape index (κ2) is 7.53. The minimum atomic E-state index is -0.208. The first-order valence-corrected chi connectivity index (χ1v) is 8.41. The van der Waals surface area contributed by atoms with Gasteiger partial charge in [0, 0.05) is 18.7 Å². The molecule has 0 unspecified atom stereocenters. The minimum absolute atomic E-state index is 0.0169. The van der Waals surface area contributed by atoms with E-state index in [9.17, 15) is 9.59 Å². The highest BCUT2D eigenvalue weighted by molar-refractivity contribution is 6.33. The summed E-state index contributed by atoms with van der Waals surface area (Å²) in [5.41, 5.74) is 1.78. The zero-order valence-electron chi connectivity index (χ0n) is 13.3. The maximum absolute atomic E-state index is 12.6. The van der Waals surface area contributed by atoms with Crippen molar-refractivity contribution in [2.45, 2.75) is 25.7 Å². The van der Waals surface area contributed by atoms with E-state index in [1.165, 1.54) is 18.9 Å². The molecule has 3 rings (SSSR count). The molecule has 1 fully saturated rings. The van der Waals surface area contributed by atoms with Gasteiger partial charge >= 0.3 is 0 Å². The molecule has 1 aromatic carbocycles. The molecule has 0 aliphatic carbocycles. The van der Waals surface area contributed by atoms with Crippen LogP contribution in [0.1, 0.15) is 35.2 Å². The Morgan fingerprint density at radius 1 is 1.17 bits per heavy atom. The summed E-state index contributed by atoms with van der Waals surface area (Å²) in [6.07, 6.45) is 6.48. The Bertz CT molecular complexity index is 722. The molecule has 2 amide bonds. The Kier molecular flexibility index (Phi) is 5.20. The van der Waals surface area contributed by atoms with Crippen molar-refractivity contribution in [1.29, 1.82) is 0 Å². The van der Waals surface area contributed by atoms with Crippen LogP contribution in [0.3, 0.4) is 0 Å². The standard InChI is InChI=1S/C18H19ClN2O3/c19-15-5-4-14(18(23)21-7-2-1-3-8-21)11-16(15)20-17(22)10-13-6-9-24-12-13/h4-6,9,11-12H,1-3,7-8,10H2,(H,20,22). The molecule has 0 atom stereocenters. The predicted octanol–water partition coefficient (Wildman–Crippen LogP) is 3.74. The maximum atomic E-state index is 12.6. The van der Waals surface area contributed by atoms with Crippen LogP contribution < -0.4 is 5.32 Å². The van der Waals surface area contributed by atoms with Gasteiger partial charge in [-0.25, -0.2) is 0 Å². The fraction of sp³-hybridized carbons (Fsp3) is 0.333. The first-order chi connectivity index (χ1) is 11.6. The topological polar surface area (TPSA) is 62.6 Å². The van der Waals surface area contributed by atoms with Gasteiger partial charge in [-0.1, -0.05) is 11.6 Å². The van der Waals surface area contributed by atoms with Crippen molar-refractivity contribution in [3.8, 4) is 0 Å². The molecule has 0 radical (unpaired) electrons. The number of rotatable bonds is 4. The Labute approximate surface area is 145 Å². The van der Waals surface area contributed by atoms with Crippen LogP contribution in [0, 0.1) is 0 Å². The number of benzene rings is 1. The molecule has 1 aliphatic rings. The Morgan fingerprint density at radius 3 is 2.67 bits per heavy atom. The van der Waals surface area contributed by atoms with Gasteiger partial charge < -0.3 is 14.6 Å². The van der Waals surface area contributed by atoms with E-state index in [-0.39, 0.29) is 18.2 Å². The van der Waals surface area contributed by atoms with Crippen LogP contribution >= 0.6 is 11.6 Å². The second-order valence-electron chi connectivity index (χ2n) is 5.90. The van der Waals surface area contributed by atoms with Crippen molar-refractivity contribution in [1.82, 2.24) is 4.90 Å². The van der Waals surface area contributed by atoms with E-state index in [4.69, 9.17) is 16.0 Å². The Balaban J connectivity index is 1.71. The molecule has 2 heterocycles. The lowest BCUT2D eigenvalue weighted by atomic mass is 10.1. The molecule has 6 heteroatoms. The summed E-state index contributed by atoms with van der Waals surface area (Å²) in [7, 11) is 0. The first-order valence-electron chi connectivity index (χ1n) is 8.03. The van der Waals surface area contributed by atoms with Crippen LogP contribution in [-0.2, 0) is 11.2 Å². The summed E-state index contributed by atoms with van der Waals surface area (Å²) in [4.78, 5) is 26.5. The van der Waals surface area contributed by atoms with Crippen molar-refractivity contribution >= 4 is 29.1 Å². The largest absolute Gasteiger partial charge is 0.472 e. The monoisotopic (exact) mass is 346 g/mol. The third-order valence-corrected chi connectivity index (χ3v) is 4.41. The summed E-state index contributed by atoms with van der Waals surface area (Å²) in [6.45, 7) is 1.56. The minimum Gasteiger partial charge on any atom is -0.472 e. The van der Waals surface area contributed by atoms with E-state index >= 15 is 0 Å². The van der Waals surface area contributed by atoms with E-state index in [1.54, 1.807) is 24.3 Å². The van der Waals surface area contributed by atoms with Crippen LogP contribution in [0.25, 0.3) is 0 Å². The molecular weight excluding hydrogens is 328 g/mol. The third-order valence-electron chi connectivity index (χ3n) is 4.08. The van der Waals surface area contributed by atoms with Gasteiger partial charge in [-0.2, -0.15) is 0 Å². The van der Waals surface area contributed by atoms with E-state index < -0.39 is 0 Å². The zero-order chi connectivity index (χ0) is 16.9. The smallest absolute Gasteiger partial charge is 0.253 e. The molecule has 0 bridgehead atoms. The van der Waals surface area contributed by atoms with E-state index in [1.807, 2.05) is 4.90 Å². The number of halogens is 1. The van der Waals surface area contributed by atoms with Gasteiger partial charge in [0.2, 0.25) is 5.91 Å². The highest BCUT2D eigenvalue weighted by atomic mass is 35.5. The lowest BCUT2D eigenvalue weighted by molar-refractivity contribution is -0.115. The van der Waals surface area contributed by atoms with Crippen LogP contribution in [0.5, 0.6) is 0 Å². The van der Waals surface area contributed by atoms with Gasteiger partial charge in [-0.05, 0) is 49.1 Å². The molecule has 0 spiro atoms. The van der Waals surface area contributed by atoms with Crippen molar-refractivity contribution in [2.24, 2.45) is 0 Å². The second-order valence-corrected chi connectivity index (χ2v) is 6.31. The molecular formula is C18H19ClN2O3. The van der Waals surface area contributed by atoms with Crippen molar-refractivity contribution < 1.29 is 14.0 Å². The Morgan fingerprint density at radius 2 is 1.96 bits per heavy atom. The van der Waals surface area contributed by atoms with Crippen molar-refractivity contribution in [3.05, 3.63) is 52.9 Å². The number of furan rings is 1. The first kappa shape index (κ1) is 16.6. The highest BCUT2D eigenvalue weighted by Gasteiger charge is 2.19. The van der Waals surface area contributed by atoms with Gasteiger partial charge in [0.25, 0.3) is 5.91 Å². The van der Waals surface area contributed by atoms with Gasteiger partial charge in [0.05, 0.1) is 29.7 Å². The number of likely N-dealkylation sites (tertiary alicyclic amines) is 1. The number of carbonyl (C=O) groups excluding carboxylic acids is 2. The van der Waals surface area contributed by atoms with E-state index in [0.29, 0.717) is 16.3 Å². The SMILES string of the molecule is O=C(Cc1ccoc1)Nc1cc(C(=O)N2CCCCC2)ccc1Cl. The van der Waals surface area contributed by atoms with Gasteiger partial charge in [0.15, 0.2) is 0 Å². The number of hydrogen-bond acceptors (Lipinski definition) is 3. The number of carbonyl (C=O) groups is 2. The lowest BCUT2D eigenvalue weighted by Gasteiger charge is -2.27. The van der Waals surface area contributed by atoms with Gasteiger partial charge in [-0.3, -0.25) is 9.59 Å². The van der Waals surface area contributed by atoms with Crippen molar-refractivity contribution in [2.75, 3.05) is 18.4 Å². The number of piperidine rings is 1. The van der Waals surface area contributed by atoms with Crippen LogP contribution in [0.2, 0.25) is 5.02 Å². The molecule has 1 aromatic heterocycles. The molecule has 1 N–H and O–H groups in total. The molecule has 126 valence electrons. The van der Waals surface area contributed by atoms with Crippen LogP contribution in [0.15, 0.2) is 41.2 Å². The molecule has 2 aromatic rings. The summed E-state index contributed by atoms with van der Waals surface area (Å²) < 4.78 is 4.95. The number of anilines is 1. The molecule has 1 saturated heterocycles. The predicted molar refractivity (Wildman–Crippen MR) is 92.2 cm³/mol. The molecule has 24 heavy (non-hydrogen) atoms. The number of amides is 2. The number of nitrogens with zero attached hydrogens (tertiary/aromatic N) is 1. The summed E-state index contributed by atoms with van der Waals surface area (Å²) >= 11 is 6.15. The van der Waals surface area contributed by atoms with Gasteiger partial charge in [0.1, 0.15) is 0 Å². The highest BCUT2D eigenvalue weighted by Crippen LogP contribution is 2.25. The fourth-order valence-corrected chi connectivity index (χ4v) is 2.97. The zero-order valence-corrected chi connectivity index (χ0v) is 14.0. The number of hydrogen-bond donors (Lipinski definition) is 1. The Hall–Kier alpha value is -2.27. The molecule has 5 nitrogen and oxygen atoms in total. The lowest BCUT2D eigenvalue weighted by Crippen LogP contribution is -2.35. The summed E-state index contributed by atoms with van der Waals surface area (Å²) in [6, 6.07) is 6.72. The summed E-state index contributed by atoms with van der Waals surface area (Å²) in [5.74, 6) is -0.224. The van der Waals surface area contributed by atoms with E-state index in [2.05, 4.69) is 5.32 Å². The average Bonchev–Trinajstić information content (AvgIpc) is 3.10. The molecule has 0 saturated carbocycles. The van der Waals surface area contributed by atoms with E-state index in [0.717, 1.165) is 31.5 Å². The van der Waals surface area contributed by atoms with Crippen molar-refractivity contribution in [3.63, 3.8) is 0 Å². The van der Waals surface area contributed by atoms with Crippen LogP contribution in [-0.4, -0.2) is 29.8 Å². The van der Waals surface area contributed by atoms with Crippen LogP contribution in [0.4, 0.5) is 5.69 Å². The summed E-state index contributed by atoms with van der Waals surface area (Å²) in [5, 5.41) is 3.17. The molecule has 1 aliphatic heterocycles. The number of nitrogens with one attached hydrogen (secondary N) is 1.